The van der Waals surface area contributed by atoms with E-state index in [1.807, 2.05) is 6.92 Å². The Morgan fingerprint density at radius 3 is 2.62 bits per heavy atom. The molecule has 2 heterocycles. The first kappa shape index (κ1) is 21.4. The van der Waals surface area contributed by atoms with E-state index in [1.165, 1.54) is 6.07 Å². The number of carbonyl (C=O) groups excluding carboxylic acids is 1. The Labute approximate surface area is 169 Å². The van der Waals surface area contributed by atoms with Crippen LogP contribution < -0.4 is 4.74 Å². The van der Waals surface area contributed by atoms with Gasteiger partial charge in [-0.3, -0.25) is 0 Å². The summed E-state index contributed by atoms with van der Waals surface area (Å²) in [5.41, 5.74) is 0.683. The highest BCUT2D eigenvalue weighted by molar-refractivity contribution is 5.96. The molecule has 0 aliphatic carbocycles. The van der Waals surface area contributed by atoms with Gasteiger partial charge in [0.15, 0.2) is 5.79 Å². The molecule has 2 unspecified atom stereocenters. The summed E-state index contributed by atoms with van der Waals surface area (Å²) in [6.45, 7) is 7.21. The van der Waals surface area contributed by atoms with Gasteiger partial charge in [-0.25, -0.2) is 4.79 Å². The van der Waals surface area contributed by atoms with Gasteiger partial charge in [0.1, 0.15) is 41.1 Å². The molecule has 29 heavy (non-hydrogen) atoms. The Balaban J connectivity index is 1.94. The van der Waals surface area contributed by atoms with E-state index in [1.54, 1.807) is 26.8 Å². The van der Waals surface area contributed by atoms with Crippen LogP contribution in [0.25, 0.3) is 0 Å². The molecule has 8 nitrogen and oxygen atoms in total. The molecule has 3 N–H and O–H groups in total. The smallest absolute Gasteiger partial charge is 0.346 e. The molecular weight excluding hydrogens is 380 g/mol. The molecule has 3 rings (SSSR count). The number of carbonyl (C=O) groups is 1. The van der Waals surface area contributed by atoms with Gasteiger partial charge >= 0.3 is 5.97 Å². The lowest BCUT2D eigenvalue weighted by molar-refractivity contribution is -0.153. The summed E-state index contributed by atoms with van der Waals surface area (Å²) < 4.78 is 22.9. The van der Waals surface area contributed by atoms with Crippen LogP contribution in [0.2, 0.25) is 0 Å². The molecule has 160 valence electrons. The third-order valence-corrected chi connectivity index (χ3v) is 4.86. The van der Waals surface area contributed by atoms with Gasteiger partial charge in [-0.1, -0.05) is 11.6 Å². The van der Waals surface area contributed by atoms with E-state index in [2.05, 4.69) is 0 Å². The lowest BCUT2D eigenvalue weighted by atomic mass is 10.0. The predicted octanol–water partition coefficient (Wildman–Crippen LogP) is 2.64. The molecule has 1 fully saturated rings. The van der Waals surface area contributed by atoms with Crippen molar-refractivity contribution in [3.05, 3.63) is 29.3 Å². The molecule has 0 bridgehead atoms. The zero-order valence-corrected chi connectivity index (χ0v) is 17.0. The fraction of sp³-hybridized carbons (Fsp3) is 0.571. The third-order valence-electron chi connectivity index (χ3n) is 4.86. The maximum Gasteiger partial charge on any atom is 0.346 e. The van der Waals surface area contributed by atoms with Gasteiger partial charge in [0.25, 0.3) is 0 Å². The van der Waals surface area contributed by atoms with Crippen LogP contribution in [0.1, 0.15) is 50.9 Å². The van der Waals surface area contributed by atoms with Crippen molar-refractivity contribution in [2.75, 3.05) is 6.61 Å². The average Bonchev–Trinajstić information content (AvgIpc) is 2.87. The van der Waals surface area contributed by atoms with Crippen LogP contribution in [0.15, 0.2) is 23.8 Å². The second kappa shape index (κ2) is 8.22. The molecule has 0 spiro atoms. The first-order valence-corrected chi connectivity index (χ1v) is 9.66. The summed E-state index contributed by atoms with van der Waals surface area (Å²) in [4.78, 5) is 12.6. The van der Waals surface area contributed by atoms with Crippen LogP contribution in [0.5, 0.6) is 17.2 Å². The fourth-order valence-corrected chi connectivity index (χ4v) is 3.76. The van der Waals surface area contributed by atoms with Crippen molar-refractivity contribution in [3.63, 3.8) is 0 Å². The first-order chi connectivity index (χ1) is 13.6. The average molecular weight is 408 g/mol. The summed E-state index contributed by atoms with van der Waals surface area (Å²) >= 11 is 0. The van der Waals surface area contributed by atoms with Crippen molar-refractivity contribution < 1.29 is 39.1 Å². The Bertz CT molecular complexity index is 800. The molecule has 8 heteroatoms. The van der Waals surface area contributed by atoms with Crippen molar-refractivity contribution in [2.24, 2.45) is 0 Å². The van der Waals surface area contributed by atoms with Crippen LogP contribution >= 0.6 is 0 Å². The first-order valence-electron chi connectivity index (χ1n) is 9.66. The van der Waals surface area contributed by atoms with Crippen LogP contribution in [0.4, 0.5) is 0 Å². The number of ether oxygens (including phenoxy) is 4. The normalized spacial score (nSPS) is 32.0. The zero-order valence-electron chi connectivity index (χ0n) is 17.0. The van der Waals surface area contributed by atoms with Crippen LogP contribution in [-0.4, -0.2) is 58.1 Å². The number of hydrogen-bond donors (Lipinski definition) is 3. The highest BCUT2D eigenvalue weighted by Crippen LogP contribution is 2.36. The Hall–Kier alpha value is -2.29. The second-order valence-corrected chi connectivity index (χ2v) is 8.04. The fourth-order valence-electron chi connectivity index (χ4n) is 3.76. The van der Waals surface area contributed by atoms with E-state index >= 15 is 0 Å². The molecule has 4 atom stereocenters. The van der Waals surface area contributed by atoms with Crippen LogP contribution in [-0.2, 0) is 14.2 Å². The van der Waals surface area contributed by atoms with E-state index in [4.69, 9.17) is 18.9 Å². The van der Waals surface area contributed by atoms with E-state index in [0.29, 0.717) is 12.8 Å². The maximum absolute atomic E-state index is 12.6. The molecule has 1 saturated heterocycles. The van der Waals surface area contributed by atoms with E-state index in [9.17, 15) is 20.1 Å². The van der Waals surface area contributed by atoms with Gasteiger partial charge in [0, 0.05) is 25.0 Å². The van der Waals surface area contributed by atoms with Crippen molar-refractivity contribution in [2.45, 2.75) is 70.7 Å². The number of phenolic OH excluding ortho intramolecular Hbond substituents is 2. The van der Waals surface area contributed by atoms with Crippen molar-refractivity contribution >= 4 is 5.97 Å². The minimum absolute atomic E-state index is 0.0132. The largest absolute Gasteiger partial charge is 0.508 e. The standard InChI is InChI=1S/C21H28O8/c1-11-7-12(2)27-20(25)18-14(23)9-13(22)10-17(18)26-6-5-16-19(15(24)8-11)29-21(3,4)28-16/h8-10,12,15-16,19,22-24H,5-7H2,1-4H3/b11-8-/t12?,15?,16-,19+/m0/s1. The number of aliphatic hydroxyl groups is 1. The number of phenols is 2. The highest BCUT2D eigenvalue weighted by Gasteiger charge is 2.44. The van der Waals surface area contributed by atoms with Gasteiger partial charge in [-0.15, -0.1) is 0 Å². The van der Waals surface area contributed by atoms with Gasteiger partial charge in [-0.2, -0.15) is 0 Å². The van der Waals surface area contributed by atoms with E-state index in [-0.39, 0.29) is 23.7 Å². The number of cyclic esters (lactones) is 1. The molecule has 2 aliphatic heterocycles. The number of rotatable bonds is 0. The summed E-state index contributed by atoms with van der Waals surface area (Å²) in [7, 11) is 0. The topological polar surface area (TPSA) is 115 Å². The predicted molar refractivity (Wildman–Crippen MR) is 103 cm³/mol. The van der Waals surface area contributed by atoms with Gasteiger partial charge in [0.05, 0.1) is 12.7 Å². The monoisotopic (exact) mass is 408 g/mol. The van der Waals surface area contributed by atoms with Crippen LogP contribution in [0.3, 0.4) is 0 Å². The number of fused-ring (bicyclic) bond motifs is 2. The van der Waals surface area contributed by atoms with E-state index < -0.39 is 41.9 Å². The van der Waals surface area contributed by atoms with Crippen molar-refractivity contribution in [1.82, 2.24) is 0 Å². The minimum atomic E-state index is -0.895. The Kier molecular flexibility index (Phi) is 6.07. The maximum atomic E-state index is 12.6. The molecule has 0 saturated carbocycles. The quantitative estimate of drug-likeness (QED) is 0.443. The van der Waals surface area contributed by atoms with Gasteiger partial charge in [0.2, 0.25) is 0 Å². The summed E-state index contributed by atoms with van der Waals surface area (Å²) in [6, 6.07) is 2.31. The Morgan fingerprint density at radius 1 is 1.17 bits per heavy atom. The lowest BCUT2D eigenvalue weighted by Gasteiger charge is -2.23. The molecule has 1 aromatic rings. The zero-order chi connectivity index (χ0) is 21.3. The molecule has 0 amide bonds. The molecule has 2 aliphatic rings. The highest BCUT2D eigenvalue weighted by atomic mass is 16.8. The van der Waals surface area contributed by atoms with Gasteiger partial charge < -0.3 is 34.3 Å². The second-order valence-electron chi connectivity index (χ2n) is 8.04. The number of aliphatic hydroxyl groups excluding tert-OH is 1. The third kappa shape index (κ3) is 5.01. The van der Waals surface area contributed by atoms with Crippen molar-refractivity contribution in [1.29, 1.82) is 0 Å². The minimum Gasteiger partial charge on any atom is -0.508 e. The molecule has 0 radical (unpaired) electrons. The summed E-state index contributed by atoms with van der Waals surface area (Å²) in [5, 5.41) is 30.6. The van der Waals surface area contributed by atoms with Crippen molar-refractivity contribution in [3.8, 4) is 17.2 Å². The SMILES string of the molecule is C/C1=C/C(O)[C@H]2OC(C)(C)O[C@H]2CCOc2cc(O)cc(O)c2C(=O)OC(C)C1. The van der Waals surface area contributed by atoms with Crippen LogP contribution in [0, 0.1) is 0 Å². The lowest BCUT2D eigenvalue weighted by Crippen LogP contribution is -2.35. The molecule has 0 aromatic heterocycles. The van der Waals surface area contributed by atoms with E-state index in [0.717, 1.165) is 11.6 Å². The summed E-state index contributed by atoms with van der Waals surface area (Å²) in [5.74, 6) is -2.26. The number of hydrogen-bond acceptors (Lipinski definition) is 8. The number of benzene rings is 1. The Morgan fingerprint density at radius 2 is 1.90 bits per heavy atom. The number of esters is 1. The van der Waals surface area contributed by atoms with Gasteiger partial charge in [-0.05, 0) is 27.7 Å². The molecule has 1 aromatic carbocycles. The number of aromatic hydroxyl groups is 2. The molecular formula is C21H28O8. The summed E-state index contributed by atoms with van der Waals surface area (Å²) in [6.07, 6.45) is 0.00447.